The molecule has 0 unspecified atom stereocenters. The van der Waals surface area contributed by atoms with Crippen molar-refractivity contribution in [3.8, 4) is 40.1 Å². The number of rotatable bonds is 5. The van der Waals surface area contributed by atoms with Gasteiger partial charge in [-0.15, -0.1) is 0 Å². The summed E-state index contributed by atoms with van der Waals surface area (Å²) in [5.74, 6) is 1.03. The van der Waals surface area contributed by atoms with E-state index in [4.69, 9.17) is 9.84 Å². The molecule has 0 radical (unpaired) electrons. The Kier molecular flexibility index (Phi) is 6.08. The van der Waals surface area contributed by atoms with Gasteiger partial charge in [0.25, 0.3) is 0 Å². The lowest BCUT2D eigenvalue weighted by atomic mass is 9.86. The third kappa shape index (κ3) is 4.46. The first-order valence-corrected chi connectivity index (χ1v) is 12.9. The summed E-state index contributed by atoms with van der Waals surface area (Å²) < 4.78 is 7.24. The van der Waals surface area contributed by atoms with Crippen LogP contribution in [0.3, 0.4) is 0 Å². The van der Waals surface area contributed by atoms with Crippen LogP contribution in [0.1, 0.15) is 31.1 Å². The predicted octanol–water partition coefficient (Wildman–Crippen LogP) is 7.57. The van der Waals surface area contributed by atoms with Gasteiger partial charge in [0.15, 0.2) is 0 Å². The Bertz CT molecular complexity index is 1920. The minimum absolute atomic E-state index is 0.200. The van der Waals surface area contributed by atoms with Crippen LogP contribution in [-0.4, -0.2) is 25.7 Å². The zero-order chi connectivity index (χ0) is 27.9. The van der Waals surface area contributed by atoms with Crippen molar-refractivity contribution in [2.75, 3.05) is 0 Å². The number of carbonyl (C=O) groups excluding carboxylic acids is 1. The first-order chi connectivity index (χ1) is 19.3. The summed E-state index contributed by atoms with van der Waals surface area (Å²) in [5.41, 5.74) is 5.13. The van der Waals surface area contributed by atoms with E-state index in [9.17, 15) is 10.1 Å². The van der Waals surface area contributed by atoms with Crippen molar-refractivity contribution >= 4 is 27.7 Å². The van der Waals surface area contributed by atoms with Crippen molar-refractivity contribution in [2.45, 2.75) is 26.2 Å². The molecule has 0 atom stereocenters. The van der Waals surface area contributed by atoms with E-state index in [1.54, 1.807) is 12.4 Å². The fourth-order valence-electron chi connectivity index (χ4n) is 4.75. The fourth-order valence-corrected chi connectivity index (χ4v) is 4.75. The summed E-state index contributed by atoms with van der Waals surface area (Å²) in [4.78, 5) is 21.7. The second-order valence-corrected chi connectivity index (χ2v) is 10.1. The number of aromatic nitrogens is 4. The van der Waals surface area contributed by atoms with Crippen LogP contribution >= 0.6 is 0 Å². The highest BCUT2D eigenvalue weighted by Crippen LogP contribution is 2.36. The topological polar surface area (TPSA) is 93.7 Å². The standard InChI is InChI=1S/C33H25N5O2/c1-21(39)38-29-19-35-28-15-11-23(24-12-16-30(36-18-24)40-26-7-5-4-6-8-26)17-27(28)31(29)32(37-38)22-9-13-25(14-10-22)33(2,3)20-34/h4-19H,1-3H3. The maximum atomic E-state index is 12.5. The Morgan fingerprint density at radius 2 is 1.60 bits per heavy atom. The summed E-state index contributed by atoms with van der Waals surface area (Å²) >= 11 is 0. The molecule has 3 aromatic heterocycles. The molecule has 0 aliphatic heterocycles. The zero-order valence-corrected chi connectivity index (χ0v) is 22.3. The lowest BCUT2D eigenvalue weighted by Gasteiger charge is -2.15. The molecule has 0 fully saturated rings. The molecule has 3 aromatic carbocycles. The van der Waals surface area contributed by atoms with Crippen molar-refractivity contribution in [3.63, 3.8) is 0 Å². The van der Waals surface area contributed by atoms with Gasteiger partial charge >= 0.3 is 0 Å². The number of para-hydroxylation sites is 1. The molecule has 7 heteroatoms. The molecule has 40 heavy (non-hydrogen) atoms. The predicted molar refractivity (Wildman–Crippen MR) is 155 cm³/mol. The zero-order valence-electron chi connectivity index (χ0n) is 22.3. The molecule has 0 spiro atoms. The van der Waals surface area contributed by atoms with Crippen LogP contribution in [0.15, 0.2) is 97.3 Å². The molecule has 3 heterocycles. The molecule has 0 aliphatic carbocycles. The van der Waals surface area contributed by atoms with Gasteiger partial charge in [-0.1, -0.05) is 48.5 Å². The molecular weight excluding hydrogens is 498 g/mol. The van der Waals surface area contributed by atoms with Crippen molar-refractivity contribution in [1.82, 2.24) is 19.7 Å². The third-order valence-electron chi connectivity index (χ3n) is 7.01. The number of nitrogens with zero attached hydrogens (tertiary/aromatic N) is 5. The van der Waals surface area contributed by atoms with Gasteiger partial charge in [0.1, 0.15) is 11.4 Å². The van der Waals surface area contributed by atoms with E-state index in [-0.39, 0.29) is 5.91 Å². The van der Waals surface area contributed by atoms with Gasteiger partial charge in [-0.05, 0) is 55.3 Å². The van der Waals surface area contributed by atoms with E-state index in [0.29, 0.717) is 17.1 Å². The molecule has 7 nitrogen and oxygen atoms in total. The first-order valence-electron chi connectivity index (χ1n) is 12.9. The lowest BCUT2D eigenvalue weighted by Crippen LogP contribution is -2.13. The highest BCUT2D eigenvalue weighted by atomic mass is 16.5. The van der Waals surface area contributed by atoms with Crippen LogP contribution in [-0.2, 0) is 5.41 Å². The minimum atomic E-state index is -0.611. The van der Waals surface area contributed by atoms with Crippen molar-refractivity contribution in [2.24, 2.45) is 0 Å². The maximum Gasteiger partial charge on any atom is 0.244 e. The summed E-state index contributed by atoms with van der Waals surface area (Å²) in [6, 6.07) is 29.5. The van der Waals surface area contributed by atoms with Crippen molar-refractivity contribution in [1.29, 1.82) is 5.26 Å². The van der Waals surface area contributed by atoms with Crippen LogP contribution in [0.2, 0.25) is 0 Å². The molecule has 0 aliphatic rings. The normalized spacial score (nSPS) is 11.4. The quantitative estimate of drug-likeness (QED) is 0.231. The summed E-state index contributed by atoms with van der Waals surface area (Å²) in [7, 11) is 0. The van der Waals surface area contributed by atoms with Crippen LogP contribution in [0.4, 0.5) is 0 Å². The van der Waals surface area contributed by atoms with E-state index in [1.165, 1.54) is 11.6 Å². The van der Waals surface area contributed by atoms with Crippen molar-refractivity contribution < 1.29 is 9.53 Å². The summed E-state index contributed by atoms with van der Waals surface area (Å²) in [6.45, 7) is 5.26. The van der Waals surface area contributed by atoms with E-state index >= 15 is 0 Å². The first kappa shape index (κ1) is 25.0. The van der Waals surface area contributed by atoms with Gasteiger partial charge in [-0.3, -0.25) is 9.78 Å². The third-order valence-corrected chi connectivity index (χ3v) is 7.01. The van der Waals surface area contributed by atoms with Crippen LogP contribution in [0, 0.1) is 11.3 Å². The molecule has 0 N–H and O–H groups in total. The van der Waals surface area contributed by atoms with Gasteiger partial charge in [0.05, 0.1) is 28.7 Å². The van der Waals surface area contributed by atoms with E-state index in [0.717, 1.165) is 44.3 Å². The Morgan fingerprint density at radius 3 is 2.27 bits per heavy atom. The highest BCUT2D eigenvalue weighted by molar-refractivity contribution is 6.13. The second kappa shape index (κ2) is 9.75. The second-order valence-electron chi connectivity index (χ2n) is 10.1. The number of hydrogen-bond donors (Lipinski definition) is 0. The Labute approximate surface area is 231 Å². The average molecular weight is 524 g/mol. The molecule has 6 rings (SSSR count). The molecule has 0 saturated carbocycles. The van der Waals surface area contributed by atoms with E-state index < -0.39 is 5.41 Å². The van der Waals surface area contributed by atoms with Crippen LogP contribution in [0.25, 0.3) is 44.2 Å². The average Bonchev–Trinajstić information content (AvgIpc) is 3.39. The largest absolute Gasteiger partial charge is 0.439 e. The Balaban J connectivity index is 1.46. The van der Waals surface area contributed by atoms with Crippen molar-refractivity contribution in [3.05, 3.63) is 103 Å². The molecule has 0 bridgehead atoms. The van der Waals surface area contributed by atoms with Crippen LogP contribution < -0.4 is 4.74 Å². The summed E-state index contributed by atoms with van der Waals surface area (Å²) in [5, 5.41) is 16.0. The Hall–Kier alpha value is -5.35. The van der Waals surface area contributed by atoms with E-state index in [1.807, 2.05) is 92.7 Å². The van der Waals surface area contributed by atoms with Crippen LogP contribution in [0.5, 0.6) is 11.6 Å². The number of fused-ring (bicyclic) bond motifs is 3. The van der Waals surface area contributed by atoms with Gasteiger partial charge in [0, 0.05) is 41.1 Å². The van der Waals surface area contributed by atoms with E-state index in [2.05, 4.69) is 22.1 Å². The number of ether oxygens (including phenoxy) is 1. The highest BCUT2D eigenvalue weighted by Gasteiger charge is 2.22. The number of nitriles is 1. The van der Waals surface area contributed by atoms with Gasteiger partial charge < -0.3 is 4.74 Å². The fraction of sp³-hybridized carbons (Fsp3) is 0.121. The Morgan fingerprint density at radius 1 is 0.875 bits per heavy atom. The molecule has 0 amide bonds. The number of benzene rings is 3. The smallest absolute Gasteiger partial charge is 0.244 e. The molecule has 0 saturated heterocycles. The molecule has 194 valence electrons. The van der Waals surface area contributed by atoms with Gasteiger partial charge in [0.2, 0.25) is 11.8 Å². The molecule has 6 aromatic rings. The number of carbonyl (C=O) groups is 1. The van der Waals surface area contributed by atoms with Gasteiger partial charge in [-0.2, -0.15) is 15.0 Å². The SMILES string of the molecule is CC(=O)n1nc(-c2ccc(C(C)(C)C#N)cc2)c2c3cc(-c4ccc(Oc5ccccc5)nc4)ccc3ncc21. The number of pyridine rings is 2. The maximum absolute atomic E-state index is 12.5. The monoisotopic (exact) mass is 523 g/mol. The minimum Gasteiger partial charge on any atom is -0.439 e. The molecular formula is C33H25N5O2. The lowest BCUT2D eigenvalue weighted by molar-refractivity contribution is 0.0927. The number of hydrogen-bond acceptors (Lipinski definition) is 6. The summed E-state index contributed by atoms with van der Waals surface area (Å²) in [6.07, 6.45) is 3.47. The van der Waals surface area contributed by atoms with Gasteiger partial charge in [-0.25, -0.2) is 4.98 Å².